The molecule has 0 spiro atoms. The number of amides is 2. The molecule has 0 aliphatic carbocycles. The summed E-state index contributed by atoms with van der Waals surface area (Å²) in [6.07, 6.45) is -4.40. The second kappa shape index (κ2) is 8.97. The van der Waals surface area contributed by atoms with Crippen LogP contribution < -0.4 is 10.6 Å². The average Bonchev–Trinajstić information content (AvgIpc) is 2.66. The molecule has 0 aliphatic rings. The maximum Gasteiger partial charge on any atom is 0.407 e. The molecule has 9 heteroatoms. The summed E-state index contributed by atoms with van der Waals surface area (Å²) in [5, 5.41) is 15.4. The van der Waals surface area contributed by atoms with Gasteiger partial charge < -0.3 is 15.7 Å². The highest BCUT2D eigenvalue weighted by molar-refractivity contribution is 5.97. The highest BCUT2D eigenvalue weighted by atomic mass is 19.4. The fourth-order valence-electron chi connectivity index (χ4n) is 2.66. The monoisotopic (exact) mass is 419 g/mol. The molecule has 0 fully saturated rings. The summed E-state index contributed by atoms with van der Waals surface area (Å²) in [6, 6.07) is 9.65. The van der Waals surface area contributed by atoms with Crippen LogP contribution in [0.15, 0.2) is 42.5 Å². The second-order valence-electron chi connectivity index (χ2n) is 6.95. The van der Waals surface area contributed by atoms with E-state index in [2.05, 4.69) is 15.5 Å². The largest absolute Gasteiger partial charge is 0.407 e. The SMILES string of the molecule is [C-]#[N+]c1ccc(NC(=O)[C@@](C)(O)CCc2ccc(NC(C)=O)cc2)cc1C(F)(F)F. The fourth-order valence-corrected chi connectivity index (χ4v) is 2.66. The molecule has 3 N–H and O–H groups in total. The Morgan fingerprint density at radius 1 is 1.07 bits per heavy atom. The maximum atomic E-state index is 13.1. The molecule has 2 rings (SSSR count). The third-order valence-corrected chi connectivity index (χ3v) is 4.34. The van der Waals surface area contributed by atoms with Gasteiger partial charge in [-0.2, -0.15) is 13.2 Å². The van der Waals surface area contributed by atoms with Crippen molar-refractivity contribution in [3.8, 4) is 0 Å². The first-order chi connectivity index (χ1) is 13.9. The van der Waals surface area contributed by atoms with Crippen molar-refractivity contribution < 1.29 is 27.9 Å². The van der Waals surface area contributed by atoms with Gasteiger partial charge in [0.1, 0.15) is 5.60 Å². The summed E-state index contributed by atoms with van der Waals surface area (Å²) < 4.78 is 39.2. The lowest BCUT2D eigenvalue weighted by Crippen LogP contribution is -2.40. The van der Waals surface area contributed by atoms with E-state index in [0.29, 0.717) is 18.2 Å². The third-order valence-electron chi connectivity index (χ3n) is 4.34. The van der Waals surface area contributed by atoms with Crippen molar-refractivity contribution >= 4 is 28.9 Å². The minimum Gasteiger partial charge on any atom is -0.380 e. The van der Waals surface area contributed by atoms with Gasteiger partial charge in [-0.15, -0.1) is 0 Å². The Hall–Kier alpha value is -3.38. The van der Waals surface area contributed by atoms with Crippen LogP contribution in [0.4, 0.5) is 30.2 Å². The van der Waals surface area contributed by atoms with Gasteiger partial charge >= 0.3 is 6.18 Å². The molecule has 158 valence electrons. The molecular formula is C21H20F3N3O3. The minimum atomic E-state index is -4.74. The highest BCUT2D eigenvalue weighted by Gasteiger charge is 2.35. The first kappa shape index (κ1) is 22.9. The predicted molar refractivity (Wildman–Crippen MR) is 106 cm³/mol. The number of alkyl halides is 3. The summed E-state index contributed by atoms with van der Waals surface area (Å²) in [5.41, 5.74) is -2.33. The Kier molecular flexibility index (Phi) is 6.84. The molecule has 1 atom stereocenters. The van der Waals surface area contributed by atoms with Gasteiger partial charge in [0, 0.05) is 18.3 Å². The van der Waals surface area contributed by atoms with Crippen LogP contribution in [0.3, 0.4) is 0 Å². The van der Waals surface area contributed by atoms with E-state index in [9.17, 15) is 27.9 Å². The summed E-state index contributed by atoms with van der Waals surface area (Å²) in [6.45, 7) is 9.49. The number of aryl methyl sites for hydroxylation is 1. The first-order valence-corrected chi connectivity index (χ1v) is 8.91. The van der Waals surface area contributed by atoms with Crippen molar-refractivity contribution in [2.75, 3.05) is 10.6 Å². The summed E-state index contributed by atoms with van der Waals surface area (Å²) in [5.74, 6) is -1.07. The molecular weight excluding hydrogens is 399 g/mol. The molecule has 30 heavy (non-hydrogen) atoms. The molecule has 2 aromatic rings. The Balaban J connectivity index is 2.05. The number of carbonyl (C=O) groups excluding carboxylic acids is 2. The third kappa shape index (κ3) is 6.06. The highest BCUT2D eigenvalue weighted by Crippen LogP contribution is 2.38. The van der Waals surface area contributed by atoms with Crippen molar-refractivity contribution in [1.82, 2.24) is 0 Å². The number of aliphatic hydroxyl groups is 1. The fraction of sp³-hybridized carbons (Fsp3) is 0.286. The van der Waals surface area contributed by atoms with Crippen LogP contribution in [0.5, 0.6) is 0 Å². The number of nitrogens with zero attached hydrogens (tertiary/aromatic N) is 1. The molecule has 0 heterocycles. The standard InChI is InChI=1S/C21H20F3N3O3/c1-13(28)26-15-6-4-14(5-7-15)10-11-20(2,30)19(29)27-16-8-9-18(25-3)17(12-16)21(22,23)24/h4-9,12,30H,10-11H2,1-2H3,(H,26,28)(H,27,29)/t20-/m0/s1. The van der Waals surface area contributed by atoms with Crippen LogP contribution in [0.1, 0.15) is 31.4 Å². The number of benzene rings is 2. The van der Waals surface area contributed by atoms with Gasteiger partial charge in [0.25, 0.3) is 5.91 Å². The average molecular weight is 419 g/mol. The van der Waals surface area contributed by atoms with Gasteiger partial charge in [-0.3, -0.25) is 9.59 Å². The lowest BCUT2D eigenvalue weighted by molar-refractivity contribution is -0.137. The van der Waals surface area contributed by atoms with Crippen LogP contribution in [-0.2, 0) is 22.2 Å². The normalized spacial score (nSPS) is 13.1. The van der Waals surface area contributed by atoms with Crippen molar-refractivity contribution in [3.63, 3.8) is 0 Å². The number of nitrogens with one attached hydrogen (secondary N) is 2. The molecule has 0 aliphatic heterocycles. The van der Waals surface area contributed by atoms with Crippen LogP contribution in [-0.4, -0.2) is 22.5 Å². The van der Waals surface area contributed by atoms with E-state index in [-0.39, 0.29) is 18.0 Å². The summed E-state index contributed by atoms with van der Waals surface area (Å²) in [4.78, 5) is 26.3. The molecule has 0 saturated carbocycles. The van der Waals surface area contributed by atoms with E-state index in [1.807, 2.05) is 0 Å². The van der Waals surface area contributed by atoms with Gasteiger partial charge in [-0.1, -0.05) is 18.2 Å². The molecule has 0 unspecified atom stereocenters. The Morgan fingerprint density at radius 2 is 1.67 bits per heavy atom. The first-order valence-electron chi connectivity index (χ1n) is 8.91. The molecule has 6 nitrogen and oxygen atoms in total. The van der Waals surface area contributed by atoms with Crippen molar-refractivity contribution in [1.29, 1.82) is 0 Å². The number of carbonyl (C=O) groups is 2. The van der Waals surface area contributed by atoms with Crippen LogP contribution >= 0.6 is 0 Å². The van der Waals surface area contributed by atoms with E-state index in [4.69, 9.17) is 6.57 Å². The van der Waals surface area contributed by atoms with Crippen molar-refractivity contribution in [3.05, 3.63) is 65.0 Å². The zero-order valence-electron chi connectivity index (χ0n) is 16.3. The van der Waals surface area contributed by atoms with Gasteiger partial charge in [0.2, 0.25) is 5.91 Å². The van der Waals surface area contributed by atoms with E-state index >= 15 is 0 Å². The van der Waals surface area contributed by atoms with Gasteiger partial charge in [0.15, 0.2) is 5.69 Å². The van der Waals surface area contributed by atoms with E-state index in [1.165, 1.54) is 19.9 Å². The molecule has 0 aromatic heterocycles. The molecule has 2 aromatic carbocycles. The minimum absolute atomic E-state index is 0.0184. The molecule has 0 radical (unpaired) electrons. The van der Waals surface area contributed by atoms with Crippen LogP contribution in [0, 0.1) is 6.57 Å². The van der Waals surface area contributed by atoms with Crippen LogP contribution in [0.25, 0.3) is 4.85 Å². The zero-order chi connectivity index (χ0) is 22.5. The number of halogens is 3. The van der Waals surface area contributed by atoms with Crippen LogP contribution in [0.2, 0.25) is 0 Å². The molecule has 0 saturated heterocycles. The van der Waals surface area contributed by atoms with Gasteiger partial charge in [0.05, 0.1) is 12.1 Å². The quantitative estimate of drug-likeness (QED) is 0.602. The summed E-state index contributed by atoms with van der Waals surface area (Å²) in [7, 11) is 0. The number of hydrogen-bond acceptors (Lipinski definition) is 3. The Morgan fingerprint density at radius 3 is 2.20 bits per heavy atom. The Labute approximate surface area is 171 Å². The lowest BCUT2D eigenvalue weighted by Gasteiger charge is -2.23. The van der Waals surface area contributed by atoms with E-state index in [0.717, 1.165) is 11.6 Å². The van der Waals surface area contributed by atoms with Gasteiger partial charge in [-0.05, 0) is 49.6 Å². The Bertz CT molecular complexity index is 978. The molecule has 0 bridgehead atoms. The second-order valence-corrected chi connectivity index (χ2v) is 6.95. The zero-order valence-corrected chi connectivity index (χ0v) is 16.3. The maximum absolute atomic E-state index is 13.1. The number of anilines is 2. The lowest BCUT2D eigenvalue weighted by atomic mass is 9.95. The smallest absolute Gasteiger partial charge is 0.380 e. The summed E-state index contributed by atoms with van der Waals surface area (Å²) >= 11 is 0. The van der Waals surface area contributed by atoms with E-state index < -0.39 is 28.9 Å². The van der Waals surface area contributed by atoms with Crippen molar-refractivity contribution in [2.45, 2.75) is 38.5 Å². The van der Waals surface area contributed by atoms with Gasteiger partial charge in [-0.25, -0.2) is 4.85 Å². The van der Waals surface area contributed by atoms with Crippen molar-refractivity contribution in [2.24, 2.45) is 0 Å². The van der Waals surface area contributed by atoms with E-state index in [1.54, 1.807) is 24.3 Å². The number of rotatable bonds is 6. The number of hydrogen-bond donors (Lipinski definition) is 3. The topological polar surface area (TPSA) is 82.8 Å². The predicted octanol–water partition coefficient (Wildman–Crippen LogP) is 4.54. The molecule has 2 amide bonds.